The molecule has 0 saturated heterocycles. The molecule has 1 aliphatic rings. The van der Waals surface area contributed by atoms with Crippen LogP contribution in [0.4, 0.5) is 5.69 Å². The third kappa shape index (κ3) is 5.31. The summed E-state index contributed by atoms with van der Waals surface area (Å²) in [5.41, 5.74) is 2.22. The Bertz CT molecular complexity index is 817. The van der Waals surface area contributed by atoms with Gasteiger partial charge >= 0.3 is 5.97 Å². The summed E-state index contributed by atoms with van der Waals surface area (Å²) in [5, 5.41) is 15.9. The Hall–Kier alpha value is -2.37. The zero-order valence-electron chi connectivity index (χ0n) is 15.0. The fourth-order valence-electron chi connectivity index (χ4n) is 3.41. The molecule has 0 unspecified atom stereocenters. The summed E-state index contributed by atoms with van der Waals surface area (Å²) >= 11 is 6.07. The van der Waals surface area contributed by atoms with E-state index in [1.165, 1.54) is 0 Å². The van der Waals surface area contributed by atoms with Crippen LogP contribution < -0.4 is 10.6 Å². The molecule has 0 aliphatic heterocycles. The third-order valence-electron chi connectivity index (χ3n) is 4.97. The summed E-state index contributed by atoms with van der Waals surface area (Å²) in [5.74, 6) is -1.13. The third-order valence-corrected chi connectivity index (χ3v) is 5.30. The van der Waals surface area contributed by atoms with E-state index < -0.39 is 5.97 Å². The standard InChI is InChI=1S/C21H23ClN2O3/c22-19-7-2-1-6-18(19)20(25)24-17-5-3-4-14(12-17)13-23-16-10-8-15(9-11-16)21(26)27/h1-7,12,15-16,23H,8-11,13H2,(H,24,25)(H,26,27). The monoisotopic (exact) mass is 386 g/mol. The molecule has 2 aromatic rings. The maximum absolute atomic E-state index is 12.4. The van der Waals surface area contributed by atoms with Crippen LogP contribution in [0.3, 0.4) is 0 Å². The Morgan fingerprint density at radius 3 is 2.48 bits per heavy atom. The number of hydrogen-bond acceptors (Lipinski definition) is 3. The SMILES string of the molecule is O=C(Nc1cccc(CNC2CCC(C(=O)O)CC2)c1)c1ccccc1Cl. The number of aliphatic carboxylic acids is 1. The highest BCUT2D eigenvalue weighted by atomic mass is 35.5. The minimum absolute atomic E-state index is 0.202. The van der Waals surface area contributed by atoms with Gasteiger partial charge < -0.3 is 15.7 Å². The van der Waals surface area contributed by atoms with Crippen LogP contribution in [-0.2, 0) is 11.3 Å². The van der Waals surface area contributed by atoms with Crippen molar-refractivity contribution in [2.24, 2.45) is 5.92 Å². The fraction of sp³-hybridized carbons (Fsp3) is 0.333. The topological polar surface area (TPSA) is 78.4 Å². The first-order valence-electron chi connectivity index (χ1n) is 9.14. The lowest BCUT2D eigenvalue weighted by Gasteiger charge is -2.27. The van der Waals surface area contributed by atoms with Gasteiger partial charge in [0.25, 0.3) is 5.91 Å². The van der Waals surface area contributed by atoms with E-state index in [0.29, 0.717) is 28.9 Å². The van der Waals surface area contributed by atoms with Crippen LogP contribution >= 0.6 is 11.6 Å². The van der Waals surface area contributed by atoms with E-state index in [-0.39, 0.29) is 11.8 Å². The molecule has 6 heteroatoms. The van der Waals surface area contributed by atoms with Crippen molar-refractivity contribution in [3.05, 3.63) is 64.7 Å². The van der Waals surface area contributed by atoms with Crippen molar-refractivity contribution in [3.8, 4) is 0 Å². The van der Waals surface area contributed by atoms with Gasteiger partial charge in [0.15, 0.2) is 0 Å². The molecule has 142 valence electrons. The maximum Gasteiger partial charge on any atom is 0.306 e. The number of carbonyl (C=O) groups excluding carboxylic acids is 1. The molecule has 0 bridgehead atoms. The highest BCUT2D eigenvalue weighted by Gasteiger charge is 2.25. The quantitative estimate of drug-likeness (QED) is 0.690. The average Bonchev–Trinajstić information content (AvgIpc) is 2.67. The molecule has 27 heavy (non-hydrogen) atoms. The van der Waals surface area contributed by atoms with Crippen molar-refractivity contribution < 1.29 is 14.7 Å². The van der Waals surface area contributed by atoms with Gasteiger partial charge in [-0.25, -0.2) is 0 Å². The molecule has 3 rings (SSSR count). The first-order chi connectivity index (χ1) is 13.0. The van der Waals surface area contributed by atoms with Gasteiger partial charge in [-0.05, 0) is 55.5 Å². The molecule has 0 radical (unpaired) electrons. The molecule has 0 atom stereocenters. The van der Waals surface area contributed by atoms with Crippen LogP contribution in [0.15, 0.2) is 48.5 Å². The van der Waals surface area contributed by atoms with Crippen LogP contribution in [0.1, 0.15) is 41.6 Å². The number of nitrogens with one attached hydrogen (secondary N) is 2. The lowest BCUT2D eigenvalue weighted by atomic mass is 9.86. The van der Waals surface area contributed by atoms with Crippen molar-refractivity contribution in [3.63, 3.8) is 0 Å². The van der Waals surface area contributed by atoms with E-state index in [9.17, 15) is 9.59 Å². The van der Waals surface area contributed by atoms with Gasteiger partial charge in [0, 0.05) is 18.3 Å². The van der Waals surface area contributed by atoms with Crippen LogP contribution in [0.5, 0.6) is 0 Å². The number of carbonyl (C=O) groups is 2. The summed E-state index contributed by atoms with van der Waals surface area (Å²) in [6.07, 6.45) is 3.20. The fourth-order valence-corrected chi connectivity index (χ4v) is 3.63. The van der Waals surface area contributed by atoms with E-state index in [4.69, 9.17) is 16.7 Å². The molecule has 0 heterocycles. The Balaban J connectivity index is 1.54. The average molecular weight is 387 g/mol. The molecule has 1 amide bonds. The number of carboxylic acid groups (broad SMARTS) is 1. The number of rotatable bonds is 6. The van der Waals surface area contributed by atoms with Gasteiger partial charge in [0.05, 0.1) is 16.5 Å². The zero-order chi connectivity index (χ0) is 19.2. The predicted octanol–water partition coefficient (Wildman–Crippen LogP) is 4.33. The molecular formula is C21H23ClN2O3. The van der Waals surface area contributed by atoms with E-state index in [1.54, 1.807) is 24.3 Å². The minimum atomic E-state index is -0.685. The first kappa shape index (κ1) is 19.4. The summed E-state index contributed by atoms with van der Waals surface area (Å²) in [6.45, 7) is 0.679. The molecule has 3 N–H and O–H groups in total. The number of hydrogen-bond donors (Lipinski definition) is 3. The van der Waals surface area contributed by atoms with Crippen molar-refractivity contribution in [2.45, 2.75) is 38.3 Å². The van der Waals surface area contributed by atoms with Crippen molar-refractivity contribution in [1.29, 1.82) is 0 Å². The normalized spacial score (nSPS) is 19.4. The van der Waals surface area contributed by atoms with Crippen LogP contribution in [0, 0.1) is 5.92 Å². The molecule has 0 spiro atoms. The molecule has 5 nitrogen and oxygen atoms in total. The second kappa shape index (κ2) is 9.02. The van der Waals surface area contributed by atoms with Gasteiger partial charge in [-0.1, -0.05) is 35.9 Å². The van der Waals surface area contributed by atoms with Crippen molar-refractivity contribution in [2.75, 3.05) is 5.32 Å². The molecule has 1 fully saturated rings. The van der Waals surface area contributed by atoms with Crippen molar-refractivity contribution >= 4 is 29.2 Å². The van der Waals surface area contributed by atoms with Crippen molar-refractivity contribution in [1.82, 2.24) is 5.32 Å². The molecule has 1 saturated carbocycles. The van der Waals surface area contributed by atoms with Crippen LogP contribution in [-0.4, -0.2) is 23.0 Å². The van der Waals surface area contributed by atoms with Gasteiger partial charge in [-0.15, -0.1) is 0 Å². The summed E-state index contributed by atoms with van der Waals surface area (Å²) < 4.78 is 0. The van der Waals surface area contributed by atoms with Gasteiger partial charge in [0.2, 0.25) is 0 Å². The molecule has 1 aliphatic carbocycles. The summed E-state index contributed by atoms with van der Waals surface area (Å²) in [4.78, 5) is 23.4. The number of amides is 1. The zero-order valence-corrected chi connectivity index (χ0v) is 15.7. The summed E-state index contributed by atoms with van der Waals surface area (Å²) in [6, 6.07) is 15.0. The molecule has 0 aromatic heterocycles. The van der Waals surface area contributed by atoms with Crippen LogP contribution in [0.25, 0.3) is 0 Å². The van der Waals surface area contributed by atoms with E-state index >= 15 is 0 Å². The van der Waals surface area contributed by atoms with E-state index in [2.05, 4.69) is 10.6 Å². The molecule has 2 aromatic carbocycles. The highest BCUT2D eigenvalue weighted by molar-refractivity contribution is 6.34. The predicted molar refractivity (Wildman–Crippen MR) is 106 cm³/mol. The number of halogens is 1. The first-order valence-corrected chi connectivity index (χ1v) is 9.51. The Morgan fingerprint density at radius 2 is 1.78 bits per heavy atom. The van der Waals surface area contributed by atoms with Gasteiger partial charge in [0.1, 0.15) is 0 Å². The van der Waals surface area contributed by atoms with E-state index in [1.807, 2.05) is 24.3 Å². The second-order valence-corrected chi connectivity index (χ2v) is 7.31. The van der Waals surface area contributed by atoms with E-state index in [0.717, 1.165) is 31.2 Å². The van der Waals surface area contributed by atoms with Gasteiger partial charge in [-0.3, -0.25) is 9.59 Å². The smallest absolute Gasteiger partial charge is 0.306 e. The lowest BCUT2D eigenvalue weighted by molar-refractivity contribution is -0.142. The largest absolute Gasteiger partial charge is 0.481 e. The maximum atomic E-state index is 12.4. The molecular weight excluding hydrogens is 364 g/mol. The highest BCUT2D eigenvalue weighted by Crippen LogP contribution is 2.25. The number of benzene rings is 2. The lowest BCUT2D eigenvalue weighted by Crippen LogP contribution is -2.34. The Kier molecular flexibility index (Phi) is 6.48. The number of anilines is 1. The Labute approximate surface area is 163 Å². The minimum Gasteiger partial charge on any atom is -0.481 e. The Morgan fingerprint density at radius 1 is 1.04 bits per heavy atom. The summed E-state index contributed by atoms with van der Waals surface area (Å²) in [7, 11) is 0. The second-order valence-electron chi connectivity index (χ2n) is 6.90. The number of carboxylic acids is 1. The van der Waals surface area contributed by atoms with Gasteiger partial charge in [-0.2, -0.15) is 0 Å². The van der Waals surface area contributed by atoms with Crippen LogP contribution in [0.2, 0.25) is 5.02 Å².